The Morgan fingerprint density at radius 1 is 1.13 bits per heavy atom. The van der Waals surface area contributed by atoms with Crippen LogP contribution in [-0.2, 0) is 4.79 Å². The fourth-order valence-corrected chi connectivity index (χ4v) is 2.51. The smallest absolute Gasteiger partial charge is 0.172 e. The highest BCUT2D eigenvalue weighted by molar-refractivity contribution is 5.96. The van der Waals surface area contributed by atoms with Crippen LogP contribution in [0, 0.1) is 0 Å². The van der Waals surface area contributed by atoms with Crippen molar-refractivity contribution in [2.24, 2.45) is 0 Å². The Morgan fingerprint density at radius 2 is 1.93 bits per heavy atom. The van der Waals surface area contributed by atoms with Crippen molar-refractivity contribution in [3.05, 3.63) is 11.6 Å². The van der Waals surface area contributed by atoms with Crippen molar-refractivity contribution in [3.63, 3.8) is 0 Å². The van der Waals surface area contributed by atoms with Crippen LogP contribution < -0.4 is 0 Å². The number of nitrogens with zero attached hydrogens (tertiary/aromatic N) is 1. The maximum absolute atomic E-state index is 12.0. The van der Waals surface area contributed by atoms with E-state index in [2.05, 4.69) is 11.0 Å². The maximum atomic E-state index is 12.0. The molecule has 0 radical (unpaired) electrons. The first-order valence-electron chi connectivity index (χ1n) is 6.31. The minimum Gasteiger partial charge on any atom is -0.296 e. The Morgan fingerprint density at radius 3 is 2.73 bits per heavy atom. The molecule has 1 saturated heterocycles. The summed E-state index contributed by atoms with van der Waals surface area (Å²) in [5.74, 6) is 0.388. The van der Waals surface area contributed by atoms with E-state index in [1.165, 1.54) is 32.1 Å². The van der Waals surface area contributed by atoms with Crippen molar-refractivity contribution in [1.82, 2.24) is 4.90 Å². The van der Waals surface area contributed by atoms with Gasteiger partial charge in [0.15, 0.2) is 5.78 Å². The highest BCUT2D eigenvalue weighted by Gasteiger charge is 2.18. The van der Waals surface area contributed by atoms with Crippen molar-refractivity contribution < 1.29 is 4.79 Å². The average Bonchev–Trinajstić information content (AvgIpc) is 2.58. The molecule has 0 aromatic rings. The van der Waals surface area contributed by atoms with Crippen LogP contribution in [0.3, 0.4) is 0 Å². The lowest BCUT2D eigenvalue weighted by Gasteiger charge is -2.14. The Hall–Kier alpha value is -0.630. The fourth-order valence-electron chi connectivity index (χ4n) is 2.51. The van der Waals surface area contributed by atoms with Gasteiger partial charge in [0.2, 0.25) is 0 Å². The lowest BCUT2D eigenvalue weighted by Crippen LogP contribution is -2.27. The normalized spacial score (nSPS) is 23.6. The lowest BCUT2D eigenvalue weighted by atomic mass is 10.1. The van der Waals surface area contributed by atoms with Gasteiger partial charge in [-0.2, -0.15) is 0 Å². The summed E-state index contributed by atoms with van der Waals surface area (Å²) in [6, 6.07) is 0. The summed E-state index contributed by atoms with van der Waals surface area (Å²) >= 11 is 0. The van der Waals surface area contributed by atoms with Crippen LogP contribution in [0.4, 0.5) is 0 Å². The Bertz CT molecular complexity index is 251. The number of hydrogen-bond acceptors (Lipinski definition) is 2. The number of rotatable bonds is 3. The molecule has 1 aliphatic heterocycles. The largest absolute Gasteiger partial charge is 0.296 e. The molecule has 0 bridgehead atoms. The van der Waals surface area contributed by atoms with E-state index >= 15 is 0 Å². The Kier molecular flexibility index (Phi) is 3.95. The minimum atomic E-state index is 0.388. The molecule has 84 valence electrons. The summed E-state index contributed by atoms with van der Waals surface area (Å²) in [6.45, 7) is 2.92. The molecule has 1 heterocycles. The summed E-state index contributed by atoms with van der Waals surface area (Å²) in [4.78, 5) is 14.3. The van der Waals surface area contributed by atoms with Crippen LogP contribution in [0.15, 0.2) is 11.6 Å². The summed E-state index contributed by atoms with van der Waals surface area (Å²) in [7, 11) is 0. The van der Waals surface area contributed by atoms with Crippen LogP contribution >= 0.6 is 0 Å². The summed E-state index contributed by atoms with van der Waals surface area (Å²) in [6.07, 6.45) is 10.6. The molecule has 0 aromatic carbocycles. The predicted molar refractivity (Wildman–Crippen MR) is 61.8 cm³/mol. The van der Waals surface area contributed by atoms with Crippen molar-refractivity contribution in [2.45, 2.75) is 44.9 Å². The van der Waals surface area contributed by atoms with Gasteiger partial charge in [-0.15, -0.1) is 0 Å². The van der Waals surface area contributed by atoms with E-state index < -0.39 is 0 Å². The van der Waals surface area contributed by atoms with Gasteiger partial charge in [-0.3, -0.25) is 9.69 Å². The van der Waals surface area contributed by atoms with E-state index in [0.717, 1.165) is 31.5 Å². The molecule has 1 fully saturated rings. The van der Waals surface area contributed by atoms with E-state index in [0.29, 0.717) is 12.3 Å². The summed E-state index contributed by atoms with van der Waals surface area (Å²) < 4.78 is 0. The third-order valence-electron chi connectivity index (χ3n) is 3.47. The summed E-state index contributed by atoms with van der Waals surface area (Å²) in [5.41, 5.74) is 1.11. The average molecular weight is 207 g/mol. The molecule has 1 aliphatic carbocycles. The maximum Gasteiger partial charge on any atom is 0.172 e. The van der Waals surface area contributed by atoms with Gasteiger partial charge in [0.05, 0.1) is 6.54 Å². The SMILES string of the molecule is O=C(CN1CCCC1)C1=CCCCCC1. The second-order valence-corrected chi connectivity index (χ2v) is 4.74. The minimum absolute atomic E-state index is 0.388. The quantitative estimate of drug-likeness (QED) is 0.709. The Balaban J connectivity index is 1.85. The molecule has 0 spiro atoms. The van der Waals surface area contributed by atoms with Crippen LogP contribution in [0.1, 0.15) is 44.9 Å². The monoisotopic (exact) mass is 207 g/mol. The lowest BCUT2D eigenvalue weighted by molar-refractivity contribution is -0.116. The molecule has 2 rings (SSSR count). The number of hydrogen-bond donors (Lipinski definition) is 0. The molecule has 0 unspecified atom stereocenters. The molecule has 2 aliphatic rings. The van der Waals surface area contributed by atoms with E-state index in [9.17, 15) is 4.79 Å². The van der Waals surface area contributed by atoms with Gasteiger partial charge in [-0.05, 0) is 57.2 Å². The van der Waals surface area contributed by atoms with Crippen molar-refractivity contribution >= 4 is 5.78 Å². The van der Waals surface area contributed by atoms with Gasteiger partial charge >= 0.3 is 0 Å². The van der Waals surface area contributed by atoms with E-state index in [4.69, 9.17) is 0 Å². The number of likely N-dealkylation sites (tertiary alicyclic amines) is 1. The van der Waals surface area contributed by atoms with E-state index in [1.807, 2.05) is 0 Å². The number of allylic oxidation sites excluding steroid dienone is 1. The molecule has 0 aromatic heterocycles. The van der Waals surface area contributed by atoms with Gasteiger partial charge in [-0.25, -0.2) is 0 Å². The zero-order chi connectivity index (χ0) is 10.5. The molecule has 0 N–H and O–H groups in total. The van der Waals surface area contributed by atoms with Crippen LogP contribution in [-0.4, -0.2) is 30.3 Å². The van der Waals surface area contributed by atoms with Gasteiger partial charge in [0.25, 0.3) is 0 Å². The number of carbonyl (C=O) groups excluding carboxylic acids is 1. The van der Waals surface area contributed by atoms with Crippen LogP contribution in [0.5, 0.6) is 0 Å². The zero-order valence-corrected chi connectivity index (χ0v) is 9.50. The fraction of sp³-hybridized carbons (Fsp3) is 0.769. The third kappa shape index (κ3) is 3.16. The van der Waals surface area contributed by atoms with E-state index in [-0.39, 0.29) is 0 Å². The molecule has 2 nitrogen and oxygen atoms in total. The van der Waals surface area contributed by atoms with Crippen molar-refractivity contribution in [1.29, 1.82) is 0 Å². The van der Waals surface area contributed by atoms with Crippen LogP contribution in [0.25, 0.3) is 0 Å². The first-order valence-corrected chi connectivity index (χ1v) is 6.31. The predicted octanol–water partition coefficient (Wildman–Crippen LogP) is 2.54. The first kappa shape index (κ1) is 10.9. The summed E-state index contributed by atoms with van der Waals surface area (Å²) in [5, 5.41) is 0. The van der Waals surface area contributed by atoms with Gasteiger partial charge in [0, 0.05) is 0 Å². The molecule has 2 heteroatoms. The highest BCUT2D eigenvalue weighted by atomic mass is 16.1. The van der Waals surface area contributed by atoms with E-state index in [1.54, 1.807) is 0 Å². The first-order chi connectivity index (χ1) is 7.36. The second kappa shape index (κ2) is 5.45. The Labute approximate surface area is 92.3 Å². The van der Waals surface area contributed by atoms with Crippen molar-refractivity contribution in [2.75, 3.05) is 19.6 Å². The van der Waals surface area contributed by atoms with Gasteiger partial charge in [0.1, 0.15) is 0 Å². The zero-order valence-electron chi connectivity index (χ0n) is 9.50. The standard InChI is InChI=1S/C13H21NO/c15-13(11-14-9-5-6-10-14)12-7-3-1-2-4-8-12/h7H,1-6,8-11H2. The van der Waals surface area contributed by atoms with Gasteiger partial charge < -0.3 is 0 Å². The molecular formula is C13H21NO. The van der Waals surface area contributed by atoms with Crippen LogP contribution in [0.2, 0.25) is 0 Å². The number of Topliss-reactive ketones (excluding diaryl/α,β-unsaturated/α-hetero) is 1. The topological polar surface area (TPSA) is 20.3 Å². The molecule has 0 atom stereocenters. The third-order valence-corrected chi connectivity index (χ3v) is 3.47. The second-order valence-electron chi connectivity index (χ2n) is 4.74. The molecule has 0 amide bonds. The number of carbonyl (C=O) groups is 1. The molecule has 0 saturated carbocycles. The van der Waals surface area contributed by atoms with Crippen molar-refractivity contribution in [3.8, 4) is 0 Å². The highest BCUT2D eigenvalue weighted by Crippen LogP contribution is 2.18. The molecular weight excluding hydrogens is 186 g/mol. The van der Waals surface area contributed by atoms with Gasteiger partial charge in [-0.1, -0.05) is 12.5 Å². The molecule has 15 heavy (non-hydrogen) atoms. The number of ketones is 1.